The normalized spacial score (nSPS) is 26.8. The number of nitrogens with zero attached hydrogens (tertiary/aromatic N) is 1. The highest BCUT2D eigenvalue weighted by Crippen LogP contribution is 2.36. The molecule has 3 rings (SSSR count). The van der Waals surface area contributed by atoms with Crippen molar-refractivity contribution in [2.24, 2.45) is 4.99 Å². The van der Waals surface area contributed by atoms with E-state index in [-0.39, 0.29) is 24.4 Å². The predicted octanol–water partition coefficient (Wildman–Crippen LogP) is 0.788. The Morgan fingerprint density at radius 2 is 1.74 bits per heavy atom. The monoisotopic (exact) mass is 257 g/mol. The number of benzene rings is 1. The third kappa shape index (κ3) is 1.94. The molecule has 1 saturated heterocycles. The number of fused-ring (bicyclic) bond motifs is 1. The van der Waals surface area contributed by atoms with Crippen molar-refractivity contribution in [2.45, 2.75) is 51.9 Å². The zero-order chi connectivity index (χ0) is 13.8. The number of rotatable bonds is 1. The minimum absolute atomic E-state index is 0.235. The van der Waals surface area contributed by atoms with Gasteiger partial charge in [-0.1, -0.05) is 18.2 Å². The van der Waals surface area contributed by atoms with Crippen LogP contribution >= 0.6 is 0 Å². The second-order valence-electron chi connectivity index (χ2n) is 6.40. The fourth-order valence-electron chi connectivity index (χ4n) is 2.54. The third-order valence-electron chi connectivity index (χ3n) is 4.37. The van der Waals surface area contributed by atoms with Crippen LogP contribution in [0.4, 0.5) is 0 Å². The first-order valence-corrected chi connectivity index (χ1v) is 6.84. The Hall–Kier alpha value is -1.13. The van der Waals surface area contributed by atoms with Gasteiger partial charge in [-0.3, -0.25) is 4.99 Å². The maximum absolute atomic E-state index is 6.13. The van der Waals surface area contributed by atoms with Gasteiger partial charge in [0.1, 0.15) is 0 Å². The zero-order valence-electron chi connectivity index (χ0n) is 12.2. The van der Waals surface area contributed by atoms with E-state index in [9.17, 15) is 0 Å². The molecule has 2 aliphatic heterocycles. The molecule has 1 aromatic rings. The summed E-state index contributed by atoms with van der Waals surface area (Å²) in [5.41, 5.74) is 0.480. The molecular formula is C15H20BNO2. The summed E-state index contributed by atoms with van der Waals surface area (Å²) in [6.45, 7) is 10.4. The average Bonchev–Trinajstić information content (AvgIpc) is 2.75. The van der Waals surface area contributed by atoms with Gasteiger partial charge >= 0.3 is 7.12 Å². The Labute approximate surface area is 114 Å². The number of hydrogen-bond donors (Lipinski definition) is 0. The highest BCUT2D eigenvalue weighted by Gasteiger charge is 2.52. The quantitative estimate of drug-likeness (QED) is 0.696. The first-order chi connectivity index (χ1) is 8.80. The van der Waals surface area contributed by atoms with Crippen LogP contribution in [-0.2, 0) is 9.31 Å². The van der Waals surface area contributed by atoms with Crippen LogP contribution < -0.4 is 16.0 Å². The molecule has 1 aromatic carbocycles. The molecule has 19 heavy (non-hydrogen) atoms. The third-order valence-corrected chi connectivity index (χ3v) is 4.37. The zero-order valence-corrected chi connectivity index (χ0v) is 12.2. The summed E-state index contributed by atoms with van der Waals surface area (Å²) in [5.74, 6) is 0. The summed E-state index contributed by atoms with van der Waals surface area (Å²) in [7, 11) is -0.309. The van der Waals surface area contributed by atoms with E-state index in [4.69, 9.17) is 9.31 Å². The fraction of sp³-hybridized carbons (Fsp3) is 0.533. The van der Waals surface area contributed by atoms with Crippen LogP contribution in [0.1, 0.15) is 34.6 Å². The van der Waals surface area contributed by atoms with Gasteiger partial charge < -0.3 is 9.31 Å². The van der Waals surface area contributed by atoms with E-state index < -0.39 is 0 Å². The first-order valence-electron chi connectivity index (χ1n) is 6.84. The summed E-state index contributed by atoms with van der Waals surface area (Å²) in [6, 6.07) is 6.38. The molecule has 0 saturated carbocycles. The van der Waals surface area contributed by atoms with Crippen molar-refractivity contribution in [3.05, 3.63) is 28.8 Å². The highest BCUT2D eigenvalue weighted by molar-refractivity contribution is 6.62. The molecule has 0 N–H and O–H groups in total. The lowest BCUT2D eigenvalue weighted by Crippen LogP contribution is -2.48. The minimum atomic E-state index is -0.309. The van der Waals surface area contributed by atoms with E-state index >= 15 is 0 Å². The van der Waals surface area contributed by atoms with Gasteiger partial charge in [0.15, 0.2) is 0 Å². The van der Waals surface area contributed by atoms with E-state index in [0.717, 1.165) is 16.0 Å². The smallest absolute Gasteiger partial charge is 0.399 e. The summed E-state index contributed by atoms with van der Waals surface area (Å²) in [4.78, 5) is 4.59. The molecule has 4 heteroatoms. The molecule has 0 amide bonds. The van der Waals surface area contributed by atoms with E-state index in [1.54, 1.807) is 0 Å². The van der Waals surface area contributed by atoms with Crippen LogP contribution in [0.2, 0.25) is 0 Å². The van der Waals surface area contributed by atoms with Gasteiger partial charge in [-0.05, 0) is 51.4 Å². The fourth-order valence-corrected chi connectivity index (χ4v) is 2.54. The van der Waals surface area contributed by atoms with Crippen molar-refractivity contribution in [1.29, 1.82) is 0 Å². The van der Waals surface area contributed by atoms with E-state index in [1.807, 2.05) is 12.1 Å². The molecular weight excluding hydrogens is 237 g/mol. The van der Waals surface area contributed by atoms with Crippen LogP contribution in [-0.4, -0.2) is 24.4 Å². The number of hydrogen-bond acceptors (Lipinski definition) is 3. The van der Waals surface area contributed by atoms with Gasteiger partial charge in [0.05, 0.1) is 22.6 Å². The summed E-state index contributed by atoms with van der Waals surface area (Å²) >= 11 is 0. The summed E-state index contributed by atoms with van der Waals surface area (Å²) in [6.07, 6.45) is 2.18. The van der Waals surface area contributed by atoms with Crippen molar-refractivity contribution in [2.75, 3.05) is 0 Å². The molecule has 0 bridgehead atoms. The summed E-state index contributed by atoms with van der Waals surface area (Å²) in [5, 5.41) is 2.20. The topological polar surface area (TPSA) is 30.8 Å². The van der Waals surface area contributed by atoms with Crippen molar-refractivity contribution in [3.63, 3.8) is 0 Å². The Kier molecular flexibility index (Phi) is 2.67. The van der Waals surface area contributed by atoms with Crippen molar-refractivity contribution in [3.8, 4) is 0 Å². The molecule has 1 fully saturated rings. The van der Waals surface area contributed by atoms with Crippen molar-refractivity contribution in [1.82, 2.24) is 0 Å². The molecule has 0 unspecified atom stereocenters. The van der Waals surface area contributed by atoms with Gasteiger partial charge in [0.25, 0.3) is 0 Å². The maximum Gasteiger partial charge on any atom is 0.495 e. The molecule has 0 aliphatic carbocycles. The summed E-state index contributed by atoms with van der Waals surface area (Å²) < 4.78 is 12.3. The van der Waals surface area contributed by atoms with Crippen LogP contribution in [0.25, 0.3) is 6.08 Å². The van der Waals surface area contributed by atoms with Crippen LogP contribution in [0.5, 0.6) is 0 Å². The first kappa shape index (κ1) is 12.9. The lowest BCUT2D eigenvalue weighted by atomic mass is 9.77. The van der Waals surface area contributed by atoms with E-state index in [0.29, 0.717) is 0 Å². The largest absolute Gasteiger partial charge is 0.495 e. The molecule has 0 radical (unpaired) electrons. The van der Waals surface area contributed by atoms with Crippen LogP contribution in [0, 0.1) is 0 Å². The lowest BCUT2D eigenvalue weighted by molar-refractivity contribution is 0.00578. The molecule has 100 valence electrons. The maximum atomic E-state index is 6.13. The molecule has 0 aromatic heterocycles. The van der Waals surface area contributed by atoms with Gasteiger partial charge in [-0.15, -0.1) is 0 Å². The van der Waals surface area contributed by atoms with Crippen LogP contribution in [0.3, 0.4) is 0 Å². The van der Waals surface area contributed by atoms with Gasteiger partial charge in [-0.25, -0.2) is 0 Å². The SMILES string of the molecule is C[C@@H]1C=c2c(B3OC(C)(C)C(C)(C)O3)cccc2=N1. The van der Waals surface area contributed by atoms with E-state index in [2.05, 4.69) is 51.8 Å². The molecule has 0 spiro atoms. The van der Waals surface area contributed by atoms with Gasteiger partial charge in [-0.2, -0.15) is 0 Å². The standard InChI is InChI=1S/C15H20BNO2/c1-10-9-11-12(7-6-8-13(11)17-10)16-18-14(2,3)15(4,5)19-16/h6-10H,1-5H3/t10-/m1/s1. The predicted molar refractivity (Wildman–Crippen MR) is 76.9 cm³/mol. The molecule has 3 nitrogen and oxygen atoms in total. The second kappa shape index (κ2) is 3.93. The average molecular weight is 257 g/mol. The lowest BCUT2D eigenvalue weighted by Gasteiger charge is -2.32. The van der Waals surface area contributed by atoms with Gasteiger partial charge in [0, 0.05) is 0 Å². The molecule has 2 heterocycles. The minimum Gasteiger partial charge on any atom is -0.399 e. The van der Waals surface area contributed by atoms with Gasteiger partial charge in [0.2, 0.25) is 0 Å². The second-order valence-corrected chi connectivity index (χ2v) is 6.40. The van der Waals surface area contributed by atoms with Crippen molar-refractivity contribution >= 4 is 18.7 Å². The molecule has 2 aliphatic rings. The Balaban J connectivity index is 2.07. The van der Waals surface area contributed by atoms with Crippen LogP contribution in [0.15, 0.2) is 23.2 Å². The Bertz CT molecular complexity index is 620. The molecule has 1 atom stereocenters. The van der Waals surface area contributed by atoms with Crippen molar-refractivity contribution < 1.29 is 9.31 Å². The Morgan fingerprint density at radius 3 is 2.37 bits per heavy atom. The van der Waals surface area contributed by atoms with E-state index in [1.165, 1.54) is 0 Å². The Morgan fingerprint density at radius 1 is 1.11 bits per heavy atom. The highest BCUT2D eigenvalue weighted by atomic mass is 16.7.